The van der Waals surface area contributed by atoms with E-state index in [1.165, 1.54) is 0 Å². The monoisotopic (exact) mass is 359 g/mol. The molecule has 0 radical (unpaired) electrons. The summed E-state index contributed by atoms with van der Waals surface area (Å²) in [6, 6.07) is 4.06. The lowest BCUT2D eigenvalue weighted by Crippen LogP contribution is -2.52. The quantitative estimate of drug-likeness (QED) is 0.841. The topological polar surface area (TPSA) is 72.9 Å². The predicted molar refractivity (Wildman–Crippen MR) is 90.2 cm³/mol. The van der Waals surface area contributed by atoms with Gasteiger partial charge in [0.1, 0.15) is 6.04 Å². The lowest BCUT2D eigenvalue weighted by molar-refractivity contribution is -0.145. The highest BCUT2D eigenvalue weighted by Crippen LogP contribution is 2.29. The van der Waals surface area contributed by atoms with Crippen LogP contribution in [-0.4, -0.2) is 66.1 Å². The highest BCUT2D eigenvalue weighted by atomic mass is 35.5. The molecule has 1 saturated heterocycles. The minimum absolute atomic E-state index is 0.137. The number of amides is 1. The first-order valence-electron chi connectivity index (χ1n) is 7.27. The van der Waals surface area contributed by atoms with Gasteiger partial charge in [-0.3, -0.25) is 14.5 Å². The number of rotatable bonds is 5. The molecule has 0 aliphatic carbocycles. The summed E-state index contributed by atoms with van der Waals surface area (Å²) in [4.78, 5) is 27.6. The van der Waals surface area contributed by atoms with Crippen molar-refractivity contribution in [1.29, 1.82) is 0 Å². The van der Waals surface area contributed by atoms with Crippen LogP contribution >= 0.6 is 23.2 Å². The molecule has 23 heavy (non-hydrogen) atoms. The second-order valence-corrected chi connectivity index (χ2v) is 6.33. The van der Waals surface area contributed by atoms with Crippen molar-refractivity contribution >= 4 is 40.8 Å². The molecular weight excluding hydrogens is 341 g/mol. The lowest BCUT2D eigenvalue weighted by Gasteiger charge is -2.35. The zero-order valence-corrected chi connectivity index (χ0v) is 14.3. The van der Waals surface area contributed by atoms with Crippen LogP contribution in [0.4, 0.5) is 5.69 Å². The molecule has 1 aliphatic rings. The number of carboxylic acids is 1. The van der Waals surface area contributed by atoms with E-state index in [1.54, 1.807) is 18.2 Å². The molecule has 126 valence electrons. The Labute approximate surface area is 145 Å². The Kier molecular flexibility index (Phi) is 6.24. The largest absolute Gasteiger partial charge is 0.480 e. The van der Waals surface area contributed by atoms with Crippen LogP contribution in [0, 0.1) is 0 Å². The maximum absolute atomic E-state index is 12.2. The van der Waals surface area contributed by atoms with Gasteiger partial charge in [0.05, 0.1) is 22.2 Å². The Bertz CT molecular complexity index is 589. The van der Waals surface area contributed by atoms with Gasteiger partial charge in [0, 0.05) is 26.2 Å². The third kappa shape index (κ3) is 4.81. The van der Waals surface area contributed by atoms with Crippen molar-refractivity contribution in [2.75, 3.05) is 38.5 Å². The zero-order chi connectivity index (χ0) is 17.0. The molecule has 6 nitrogen and oxygen atoms in total. The number of carboxylic acid groups (broad SMARTS) is 1. The van der Waals surface area contributed by atoms with Gasteiger partial charge in [-0.05, 0) is 19.2 Å². The molecule has 2 N–H and O–H groups in total. The van der Waals surface area contributed by atoms with E-state index in [4.69, 9.17) is 23.2 Å². The second kappa shape index (κ2) is 7.97. The van der Waals surface area contributed by atoms with Crippen molar-refractivity contribution in [1.82, 2.24) is 9.80 Å². The van der Waals surface area contributed by atoms with Gasteiger partial charge in [-0.1, -0.05) is 29.3 Å². The Morgan fingerprint density at radius 1 is 1.26 bits per heavy atom. The van der Waals surface area contributed by atoms with E-state index in [1.807, 2.05) is 11.9 Å². The van der Waals surface area contributed by atoms with E-state index in [0.29, 0.717) is 23.8 Å². The van der Waals surface area contributed by atoms with E-state index < -0.39 is 17.9 Å². The number of hydrogen-bond donors (Lipinski definition) is 2. The van der Waals surface area contributed by atoms with Gasteiger partial charge in [0.25, 0.3) is 0 Å². The first-order chi connectivity index (χ1) is 10.9. The first kappa shape index (κ1) is 18.0. The Morgan fingerprint density at radius 2 is 1.91 bits per heavy atom. The molecular formula is C15H19Cl2N3O3. The minimum Gasteiger partial charge on any atom is -0.480 e. The van der Waals surface area contributed by atoms with Gasteiger partial charge in [-0.25, -0.2) is 0 Å². The summed E-state index contributed by atoms with van der Waals surface area (Å²) in [5, 5.41) is 12.6. The molecule has 0 aromatic heterocycles. The third-order valence-corrected chi connectivity index (χ3v) is 4.69. The molecule has 8 heteroatoms. The maximum atomic E-state index is 12.2. The Morgan fingerprint density at radius 3 is 2.52 bits per heavy atom. The average molecular weight is 360 g/mol. The lowest BCUT2D eigenvalue weighted by atomic mass is 10.1. The van der Waals surface area contributed by atoms with Gasteiger partial charge in [0.15, 0.2) is 0 Å². The van der Waals surface area contributed by atoms with Crippen molar-refractivity contribution in [2.45, 2.75) is 12.5 Å². The molecule has 0 spiro atoms. The molecule has 1 fully saturated rings. The van der Waals surface area contributed by atoms with Crippen molar-refractivity contribution in [3.05, 3.63) is 28.2 Å². The number of anilines is 1. The summed E-state index contributed by atoms with van der Waals surface area (Å²) in [5.74, 6) is -1.40. The van der Waals surface area contributed by atoms with Crippen LogP contribution in [0.15, 0.2) is 18.2 Å². The van der Waals surface area contributed by atoms with E-state index >= 15 is 0 Å². The molecule has 1 amide bonds. The average Bonchev–Trinajstić information content (AvgIpc) is 2.50. The van der Waals surface area contributed by atoms with Crippen LogP contribution in [0.5, 0.6) is 0 Å². The predicted octanol–water partition coefficient (Wildman–Crippen LogP) is 2.02. The van der Waals surface area contributed by atoms with Gasteiger partial charge in [-0.2, -0.15) is 0 Å². The Balaban J connectivity index is 2.01. The molecule has 1 aromatic carbocycles. The number of halogens is 2. The molecule has 0 bridgehead atoms. The summed E-state index contributed by atoms with van der Waals surface area (Å²) in [6.07, 6.45) is -0.137. The fourth-order valence-corrected chi connectivity index (χ4v) is 2.83. The van der Waals surface area contributed by atoms with Gasteiger partial charge in [0.2, 0.25) is 5.91 Å². The fraction of sp³-hybridized carbons (Fsp3) is 0.467. The standard InChI is InChI=1S/C15H19Cl2N3O3/c1-19-5-7-20(8-6-19)12(15(22)23)9-13(21)18-11-4-2-3-10(16)14(11)17/h2-4,12H,5-9H2,1H3,(H,18,21)(H,22,23)/t12-/m1/s1. The van der Waals surface area contributed by atoms with Crippen molar-refractivity contribution in [2.24, 2.45) is 0 Å². The molecule has 1 aliphatic heterocycles. The van der Waals surface area contributed by atoms with Gasteiger partial charge < -0.3 is 15.3 Å². The summed E-state index contributed by atoms with van der Waals surface area (Å²) in [7, 11) is 1.99. The number of nitrogens with one attached hydrogen (secondary N) is 1. The van der Waals surface area contributed by atoms with Crippen LogP contribution < -0.4 is 5.32 Å². The minimum atomic E-state index is -0.998. The van der Waals surface area contributed by atoms with Crippen LogP contribution in [0.1, 0.15) is 6.42 Å². The van der Waals surface area contributed by atoms with Crippen molar-refractivity contribution < 1.29 is 14.7 Å². The molecule has 0 saturated carbocycles. The van der Waals surface area contributed by atoms with Crippen molar-refractivity contribution in [3.8, 4) is 0 Å². The van der Waals surface area contributed by atoms with E-state index in [0.717, 1.165) is 13.1 Å². The summed E-state index contributed by atoms with van der Waals surface area (Å²) in [5.41, 5.74) is 0.381. The molecule has 1 heterocycles. The van der Waals surface area contributed by atoms with Crippen LogP contribution in [0.2, 0.25) is 10.0 Å². The highest BCUT2D eigenvalue weighted by Gasteiger charge is 2.30. The number of piperazine rings is 1. The third-order valence-electron chi connectivity index (χ3n) is 3.87. The number of carbonyl (C=O) groups excluding carboxylic acids is 1. The summed E-state index contributed by atoms with van der Waals surface area (Å²) < 4.78 is 0. The second-order valence-electron chi connectivity index (χ2n) is 5.55. The summed E-state index contributed by atoms with van der Waals surface area (Å²) >= 11 is 11.9. The van der Waals surface area contributed by atoms with Crippen LogP contribution in [-0.2, 0) is 9.59 Å². The first-order valence-corrected chi connectivity index (χ1v) is 8.03. The molecule has 2 rings (SSSR count). The smallest absolute Gasteiger partial charge is 0.321 e. The highest BCUT2D eigenvalue weighted by molar-refractivity contribution is 6.43. The van der Waals surface area contributed by atoms with E-state index in [-0.39, 0.29) is 11.4 Å². The molecule has 1 atom stereocenters. The number of benzene rings is 1. The SMILES string of the molecule is CN1CCN([C@H](CC(=O)Nc2cccc(Cl)c2Cl)C(=O)O)CC1. The number of hydrogen-bond acceptors (Lipinski definition) is 4. The zero-order valence-electron chi connectivity index (χ0n) is 12.8. The molecule has 1 aromatic rings. The van der Waals surface area contributed by atoms with Gasteiger partial charge >= 0.3 is 5.97 Å². The van der Waals surface area contributed by atoms with E-state index in [2.05, 4.69) is 10.2 Å². The van der Waals surface area contributed by atoms with E-state index in [9.17, 15) is 14.7 Å². The number of nitrogens with zero attached hydrogens (tertiary/aromatic N) is 2. The maximum Gasteiger partial charge on any atom is 0.321 e. The van der Waals surface area contributed by atoms with Gasteiger partial charge in [-0.15, -0.1) is 0 Å². The fourth-order valence-electron chi connectivity index (χ4n) is 2.48. The normalized spacial score (nSPS) is 17.7. The van der Waals surface area contributed by atoms with Crippen LogP contribution in [0.3, 0.4) is 0 Å². The number of carbonyl (C=O) groups is 2. The molecule has 0 unspecified atom stereocenters. The van der Waals surface area contributed by atoms with Crippen molar-refractivity contribution in [3.63, 3.8) is 0 Å². The summed E-state index contributed by atoms with van der Waals surface area (Å²) in [6.45, 7) is 2.81. The van der Waals surface area contributed by atoms with Crippen LogP contribution in [0.25, 0.3) is 0 Å². The number of likely N-dealkylation sites (N-methyl/N-ethyl adjacent to an activating group) is 1. The number of aliphatic carboxylic acids is 1. The Hall–Kier alpha value is -1.34.